The maximum atomic E-state index is 13.0. The fraction of sp³-hybridized carbons (Fsp3) is 0.474. The number of carbonyl (C=O) groups excluding carboxylic acids is 1. The fourth-order valence-corrected chi connectivity index (χ4v) is 2.96. The summed E-state index contributed by atoms with van der Waals surface area (Å²) in [6.45, 7) is 2.74. The Balaban J connectivity index is 1.65. The molecule has 1 aromatic carbocycles. The number of hydrogen-bond donors (Lipinski definition) is 2. The van der Waals surface area contributed by atoms with Gasteiger partial charge in [-0.25, -0.2) is 4.39 Å². The average Bonchev–Trinajstić information content (AvgIpc) is 3.03. The highest BCUT2D eigenvalue weighted by atomic mass is 19.1. The number of nitrogens with one attached hydrogen (secondary N) is 1. The maximum Gasteiger partial charge on any atom is 0.274 e. The van der Waals surface area contributed by atoms with Crippen molar-refractivity contribution in [3.05, 3.63) is 47.5 Å². The van der Waals surface area contributed by atoms with E-state index in [1.54, 1.807) is 6.07 Å². The van der Waals surface area contributed by atoms with Crippen LogP contribution in [0.1, 0.15) is 29.5 Å². The average molecular weight is 377 g/mol. The Morgan fingerprint density at radius 1 is 1.44 bits per heavy atom. The number of amides is 1. The van der Waals surface area contributed by atoms with Crippen LogP contribution in [0.25, 0.3) is 0 Å². The van der Waals surface area contributed by atoms with Gasteiger partial charge in [0, 0.05) is 12.2 Å². The van der Waals surface area contributed by atoms with Crippen LogP contribution in [-0.2, 0) is 11.2 Å². The minimum Gasteiger partial charge on any atom is -0.490 e. The van der Waals surface area contributed by atoms with Gasteiger partial charge >= 0.3 is 0 Å². The van der Waals surface area contributed by atoms with Crippen molar-refractivity contribution in [1.82, 2.24) is 15.1 Å². The molecule has 1 aromatic heterocycles. The van der Waals surface area contributed by atoms with Gasteiger partial charge in [-0.1, -0.05) is 13.3 Å². The molecule has 1 unspecified atom stereocenters. The summed E-state index contributed by atoms with van der Waals surface area (Å²) in [5.74, 6) is -0.195. The van der Waals surface area contributed by atoms with Crippen molar-refractivity contribution in [3.8, 4) is 5.75 Å². The molecule has 0 bridgehead atoms. The van der Waals surface area contributed by atoms with E-state index in [1.165, 1.54) is 29.2 Å². The van der Waals surface area contributed by atoms with Crippen molar-refractivity contribution >= 4 is 5.91 Å². The van der Waals surface area contributed by atoms with Crippen LogP contribution in [0.15, 0.2) is 30.3 Å². The first kappa shape index (κ1) is 19.3. The number of rotatable bonds is 6. The van der Waals surface area contributed by atoms with Crippen LogP contribution < -0.4 is 4.74 Å². The molecule has 0 radical (unpaired) electrons. The van der Waals surface area contributed by atoms with E-state index in [1.807, 2.05) is 0 Å². The number of aliphatic hydroxyl groups is 1. The zero-order valence-electron chi connectivity index (χ0n) is 15.3. The molecule has 146 valence electrons. The summed E-state index contributed by atoms with van der Waals surface area (Å²) in [6.07, 6.45) is 1.77. The molecule has 1 aliphatic rings. The number of benzene rings is 1. The summed E-state index contributed by atoms with van der Waals surface area (Å²) in [5, 5.41) is 17.8. The van der Waals surface area contributed by atoms with E-state index in [0.29, 0.717) is 24.6 Å². The smallest absolute Gasteiger partial charge is 0.274 e. The Labute approximate surface area is 157 Å². The van der Waals surface area contributed by atoms with Gasteiger partial charge in [-0.15, -0.1) is 0 Å². The highest BCUT2D eigenvalue weighted by Gasteiger charge is 2.36. The van der Waals surface area contributed by atoms with Crippen LogP contribution in [0, 0.1) is 5.82 Å². The van der Waals surface area contributed by atoms with Gasteiger partial charge in [0.25, 0.3) is 5.91 Å². The van der Waals surface area contributed by atoms with E-state index in [9.17, 15) is 14.3 Å². The second-order valence-corrected chi connectivity index (χ2v) is 6.77. The maximum absolute atomic E-state index is 13.0. The molecule has 2 aromatic rings. The second-order valence-electron chi connectivity index (χ2n) is 6.77. The molecule has 0 saturated carbocycles. The van der Waals surface area contributed by atoms with Crippen LogP contribution in [0.4, 0.5) is 4.39 Å². The summed E-state index contributed by atoms with van der Waals surface area (Å²) in [4.78, 5) is 14.3. The largest absolute Gasteiger partial charge is 0.490 e. The zero-order chi connectivity index (χ0) is 19.3. The molecule has 1 aliphatic heterocycles. The molecule has 1 atom stereocenters. The first-order chi connectivity index (χ1) is 13.0. The lowest BCUT2D eigenvalue weighted by atomic mass is 10.1. The predicted molar refractivity (Wildman–Crippen MR) is 96.2 cm³/mol. The molecule has 1 amide bonds. The van der Waals surface area contributed by atoms with Gasteiger partial charge in [-0.3, -0.25) is 9.89 Å². The van der Waals surface area contributed by atoms with Crippen LogP contribution in [0.5, 0.6) is 5.75 Å². The Bertz CT molecular complexity index is 765. The normalized spacial score (nSPS) is 20.3. The first-order valence-corrected chi connectivity index (χ1v) is 9.01. The summed E-state index contributed by atoms with van der Waals surface area (Å²) >= 11 is 0. The summed E-state index contributed by atoms with van der Waals surface area (Å²) in [5.41, 5.74) is -0.146. The summed E-state index contributed by atoms with van der Waals surface area (Å²) in [7, 11) is 0. The third-order valence-electron chi connectivity index (χ3n) is 4.34. The third kappa shape index (κ3) is 5.05. The molecular weight excluding hydrogens is 353 g/mol. The van der Waals surface area contributed by atoms with Gasteiger partial charge in [-0.05, 0) is 36.8 Å². The van der Waals surface area contributed by atoms with Gasteiger partial charge in [0.2, 0.25) is 0 Å². The number of H-pyrrole nitrogens is 1. The van der Waals surface area contributed by atoms with E-state index < -0.39 is 5.60 Å². The van der Waals surface area contributed by atoms with Gasteiger partial charge in [-0.2, -0.15) is 5.10 Å². The van der Waals surface area contributed by atoms with Crippen LogP contribution in [-0.4, -0.2) is 64.6 Å². The number of halogens is 1. The quantitative estimate of drug-likeness (QED) is 0.801. The van der Waals surface area contributed by atoms with E-state index in [4.69, 9.17) is 9.47 Å². The van der Waals surface area contributed by atoms with Crippen molar-refractivity contribution in [3.63, 3.8) is 0 Å². The highest BCUT2D eigenvalue weighted by molar-refractivity contribution is 5.92. The van der Waals surface area contributed by atoms with Crippen molar-refractivity contribution in [1.29, 1.82) is 0 Å². The van der Waals surface area contributed by atoms with E-state index in [2.05, 4.69) is 17.1 Å². The Morgan fingerprint density at radius 2 is 2.22 bits per heavy atom. The number of ether oxygens (including phenoxy) is 2. The summed E-state index contributed by atoms with van der Waals surface area (Å²) < 4.78 is 24.0. The van der Waals surface area contributed by atoms with Gasteiger partial charge in [0.15, 0.2) is 0 Å². The molecule has 2 heterocycles. The fourth-order valence-electron chi connectivity index (χ4n) is 2.96. The number of nitrogens with zero attached hydrogens (tertiary/aromatic N) is 2. The number of aromatic amines is 1. The van der Waals surface area contributed by atoms with Gasteiger partial charge in [0.05, 0.1) is 19.8 Å². The molecule has 27 heavy (non-hydrogen) atoms. The topological polar surface area (TPSA) is 87.7 Å². The monoisotopic (exact) mass is 377 g/mol. The Morgan fingerprint density at radius 3 is 2.96 bits per heavy atom. The lowest BCUT2D eigenvalue weighted by molar-refractivity contribution is -0.0621. The van der Waals surface area contributed by atoms with Crippen LogP contribution in [0.2, 0.25) is 0 Å². The molecule has 7 nitrogen and oxygen atoms in total. The molecule has 1 saturated heterocycles. The first-order valence-electron chi connectivity index (χ1n) is 9.01. The molecule has 8 heteroatoms. The molecule has 0 spiro atoms. The van der Waals surface area contributed by atoms with Crippen molar-refractivity contribution < 1.29 is 23.8 Å². The number of hydrogen-bond acceptors (Lipinski definition) is 5. The van der Waals surface area contributed by atoms with Gasteiger partial charge in [0.1, 0.15) is 29.5 Å². The molecular formula is C19H24FN3O4. The SMILES string of the molecule is CCCc1cc(C(=O)N2CCOCC(O)(COc3ccc(F)cc3)C2)n[nH]1. The Kier molecular flexibility index (Phi) is 6.08. The second kappa shape index (κ2) is 8.49. The number of aromatic nitrogens is 2. The summed E-state index contributed by atoms with van der Waals surface area (Å²) in [6, 6.07) is 7.27. The number of aryl methyl sites for hydroxylation is 1. The lowest BCUT2D eigenvalue weighted by Crippen LogP contribution is -2.50. The predicted octanol–water partition coefficient (Wildman–Crippen LogP) is 1.78. The van der Waals surface area contributed by atoms with Crippen LogP contribution >= 0.6 is 0 Å². The van der Waals surface area contributed by atoms with Crippen molar-refractivity contribution in [2.24, 2.45) is 0 Å². The zero-order valence-corrected chi connectivity index (χ0v) is 15.3. The molecule has 2 N–H and O–H groups in total. The van der Waals surface area contributed by atoms with Crippen LogP contribution in [0.3, 0.4) is 0 Å². The number of β-amino-alcohol motifs (C(OH)–C–C–N with tert-alkyl or cyclic N) is 1. The molecule has 3 rings (SSSR count). The van der Waals surface area contributed by atoms with E-state index >= 15 is 0 Å². The molecule has 1 fully saturated rings. The minimum atomic E-state index is -1.37. The standard InChI is InChI=1S/C19H24FN3O4/c1-2-3-15-10-17(22-21-15)18(24)23-8-9-26-12-19(25,11-23)13-27-16-6-4-14(20)5-7-16/h4-7,10,25H,2-3,8-9,11-13H2,1H3,(H,21,22). The Hall–Kier alpha value is -2.45. The highest BCUT2D eigenvalue weighted by Crippen LogP contribution is 2.18. The lowest BCUT2D eigenvalue weighted by Gasteiger charge is -2.30. The third-order valence-corrected chi connectivity index (χ3v) is 4.34. The number of carbonyl (C=O) groups is 1. The molecule has 0 aliphatic carbocycles. The van der Waals surface area contributed by atoms with E-state index in [-0.39, 0.29) is 31.5 Å². The van der Waals surface area contributed by atoms with E-state index in [0.717, 1.165) is 18.5 Å². The van der Waals surface area contributed by atoms with Gasteiger partial charge < -0.3 is 19.5 Å². The minimum absolute atomic E-state index is 0.0413. The van der Waals surface area contributed by atoms with Crippen molar-refractivity contribution in [2.75, 3.05) is 32.9 Å². The van der Waals surface area contributed by atoms with Crippen molar-refractivity contribution in [2.45, 2.75) is 25.4 Å².